The highest BCUT2D eigenvalue weighted by molar-refractivity contribution is 5.80. The Labute approximate surface area is 113 Å². The van der Waals surface area contributed by atoms with Crippen molar-refractivity contribution in [3.8, 4) is 11.5 Å². The molecule has 0 radical (unpaired) electrons. The van der Waals surface area contributed by atoms with E-state index in [1.165, 1.54) is 4.57 Å². The second kappa shape index (κ2) is 4.92. The molecule has 0 bridgehead atoms. The van der Waals surface area contributed by atoms with Crippen molar-refractivity contribution in [2.24, 2.45) is 0 Å². The normalized spacial score (nSPS) is 14.2. The summed E-state index contributed by atoms with van der Waals surface area (Å²) in [4.78, 5) is 25.2. The number of H-pyrrole nitrogens is 1. The van der Waals surface area contributed by atoms with Gasteiger partial charge in [-0.1, -0.05) is 0 Å². The number of carbonyl (C=O) groups is 1. The number of imidazole rings is 1. The van der Waals surface area contributed by atoms with Gasteiger partial charge in [0.15, 0.2) is 11.5 Å². The van der Waals surface area contributed by atoms with Gasteiger partial charge in [-0.05, 0) is 0 Å². The molecule has 106 valence electrons. The van der Waals surface area contributed by atoms with Crippen molar-refractivity contribution in [1.82, 2.24) is 9.55 Å². The molecule has 7 nitrogen and oxygen atoms in total. The largest absolute Gasteiger partial charge is 0.489 e. The average Bonchev–Trinajstić information content (AvgIpc) is 2.58. The summed E-state index contributed by atoms with van der Waals surface area (Å²) in [5, 5.41) is 8.73. The predicted molar refractivity (Wildman–Crippen MR) is 70.4 cm³/mol. The second-order valence-corrected chi connectivity index (χ2v) is 4.59. The molecule has 2 N–H and O–H groups in total. The van der Waals surface area contributed by atoms with Crippen molar-refractivity contribution in [1.29, 1.82) is 0 Å². The maximum absolute atomic E-state index is 11.9. The van der Waals surface area contributed by atoms with Crippen LogP contribution in [0.5, 0.6) is 11.5 Å². The van der Waals surface area contributed by atoms with Crippen LogP contribution in [0.1, 0.15) is 12.8 Å². The van der Waals surface area contributed by atoms with E-state index >= 15 is 0 Å². The van der Waals surface area contributed by atoms with Crippen molar-refractivity contribution >= 4 is 17.0 Å². The molecule has 3 rings (SSSR count). The third-order valence-corrected chi connectivity index (χ3v) is 3.19. The summed E-state index contributed by atoms with van der Waals surface area (Å²) in [5.74, 6) is 0.236. The zero-order chi connectivity index (χ0) is 14.1. The number of aromatic nitrogens is 2. The lowest BCUT2D eigenvalue weighted by Gasteiger charge is -2.08. The number of aromatic amines is 1. The standard InChI is InChI=1S/C13H14N2O5/c16-12(17)2-3-15-9-7-11-10(19-4-1-5-20-11)6-8(9)14-13(15)18/h6-7H,1-5H2,(H,14,18)(H,16,17). The second-order valence-electron chi connectivity index (χ2n) is 4.59. The number of aliphatic carboxylic acids is 1. The minimum Gasteiger partial charge on any atom is -0.489 e. The number of carboxylic acid groups (broad SMARTS) is 1. The van der Waals surface area contributed by atoms with E-state index in [9.17, 15) is 9.59 Å². The molecule has 2 heterocycles. The number of fused-ring (bicyclic) bond motifs is 2. The Morgan fingerprint density at radius 2 is 2.00 bits per heavy atom. The molecule has 0 amide bonds. The van der Waals surface area contributed by atoms with Gasteiger partial charge in [0.05, 0.1) is 30.7 Å². The number of nitrogens with zero attached hydrogens (tertiary/aromatic N) is 1. The maximum atomic E-state index is 11.9. The van der Waals surface area contributed by atoms with Gasteiger partial charge in [0.2, 0.25) is 0 Å². The number of carboxylic acids is 1. The molecule has 2 aromatic rings. The van der Waals surface area contributed by atoms with Crippen molar-refractivity contribution in [2.75, 3.05) is 13.2 Å². The van der Waals surface area contributed by atoms with E-state index in [2.05, 4.69) is 4.98 Å². The van der Waals surface area contributed by atoms with E-state index in [4.69, 9.17) is 14.6 Å². The summed E-state index contributed by atoms with van der Waals surface area (Å²) in [5.41, 5.74) is 0.909. The van der Waals surface area contributed by atoms with Gasteiger partial charge in [0, 0.05) is 25.1 Å². The van der Waals surface area contributed by atoms with Gasteiger partial charge in [-0.3, -0.25) is 9.36 Å². The molecule has 1 aliphatic rings. The molecule has 1 aromatic heterocycles. The van der Waals surface area contributed by atoms with Crippen LogP contribution in [0.15, 0.2) is 16.9 Å². The lowest BCUT2D eigenvalue weighted by molar-refractivity contribution is -0.137. The third kappa shape index (κ3) is 2.22. The van der Waals surface area contributed by atoms with Crippen molar-refractivity contribution in [2.45, 2.75) is 19.4 Å². The molecule has 1 aromatic carbocycles. The van der Waals surface area contributed by atoms with Crippen LogP contribution in [-0.2, 0) is 11.3 Å². The van der Waals surface area contributed by atoms with Crippen LogP contribution >= 0.6 is 0 Å². The predicted octanol–water partition coefficient (Wildman–Crippen LogP) is 0.966. The van der Waals surface area contributed by atoms with E-state index in [1.54, 1.807) is 12.1 Å². The molecule has 0 atom stereocenters. The number of ether oxygens (including phenoxy) is 2. The molecule has 20 heavy (non-hydrogen) atoms. The first-order valence-electron chi connectivity index (χ1n) is 6.39. The zero-order valence-electron chi connectivity index (χ0n) is 10.7. The van der Waals surface area contributed by atoms with Crippen LogP contribution in [0.4, 0.5) is 0 Å². The van der Waals surface area contributed by atoms with E-state index in [0.717, 1.165) is 6.42 Å². The van der Waals surface area contributed by atoms with Crippen LogP contribution in [0.25, 0.3) is 11.0 Å². The highest BCUT2D eigenvalue weighted by Crippen LogP contribution is 2.33. The van der Waals surface area contributed by atoms with E-state index in [-0.39, 0.29) is 18.7 Å². The molecule has 0 aliphatic carbocycles. The van der Waals surface area contributed by atoms with Gasteiger partial charge in [-0.2, -0.15) is 0 Å². The van der Waals surface area contributed by atoms with E-state index in [0.29, 0.717) is 35.7 Å². The van der Waals surface area contributed by atoms with Gasteiger partial charge in [0.1, 0.15) is 0 Å². The summed E-state index contributed by atoms with van der Waals surface area (Å²) < 4.78 is 12.5. The number of hydrogen-bond acceptors (Lipinski definition) is 4. The monoisotopic (exact) mass is 278 g/mol. The fourth-order valence-corrected chi connectivity index (χ4v) is 2.24. The lowest BCUT2D eigenvalue weighted by atomic mass is 10.2. The summed E-state index contributed by atoms with van der Waals surface area (Å²) in [6.45, 7) is 1.25. The van der Waals surface area contributed by atoms with Gasteiger partial charge in [-0.25, -0.2) is 4.79 Å². The molecule has 0 fully saturated rings. The summed E-state index contributed by atoms with van der Waals surface area (Å²) in [7, 11) is 0. The molecule has 0 saturated heterocycles. The van der Waals surface area contributed by atoms with Crippen LogP contribution in [-0.4, -0.2) is 33.8 Å². The Morgan fingerprint density at radius 1 is 1.30 bits per heavy atom. The average molecular weight is 278 g/mol. The minimum atomic E-state index is -0.944. The molecule has 0 unspecified atom stereocenters. The maximum Gasteiger partial charge on any atom is 0.326 e. The quantitative estimate of drug-likeness (QED) is 0.872. The number of nitrogens with one attached hydrogen (secondary N) is 1. The number of hydrogen-bond donors (Lipinski definition) is 2. The highest BCUT2D eigenvalue weighted by Gasteiger charge is 2.16. The Balaban J connectivity index is 2.07. The summed E-state index contributed by atoms with van der Waals surface area (Å²) >= 11 is 0. The first kappa shape index (κ1) is 12.6. The first-order valence-corrected chi connectivity index (χ1v) is 6.39. The topological polar surface area (TPSA) is 93.6 Å². The van der Waals surface area contributed by atoms with Gasteiger partial charge >= 0.3 is 11.7 Å². The van der Waals surface area contributed by atoms with Crippen LogP contribution < -0.4 is 15.2 Å². The Bertz CT molecular complexity index is 715. The van der Waals surface area contributed by atoms with Gasteiger partial charge < -0.3 is 19.6 Å². The minimum absolute atomic E-state index is 0.110. The smallest absolute Gasteiger partial charge is 0.326 e. The summed E-state index contributed by atoms with van der Waals surface area (Å²) in [6, 6.07) is 3.43. The molecule has 7 heteroatoms. The number of rotatable bonds is 3. The van der Waals surface area contributed by atoms with Crippen LogP contribution in [0, 0.1) is 0 Å². The van der Waals surface area contributed by atoms with Gasteiger partial charge in [-0.15, -0.1) is 0 Å². The zero-order valence-corrected chi connectivity index (χ0v) is 10.7. The number of benzene rings is 1. The first-order chi connectivity index (χ1) is 9.65. The van der Waals surface area contributed by atoms with Crippen LogP contribution in [0.2, 0.25) is 0 Å². The Hall–Kier alpha value is -2.44. The molecular weight excluding hydrogens is 264 g/mol. The van der Waals surface area contributed by atoms with E-state index < -0.39 is 5.97 Å². The molecule has 0 saturated carbocycles. The van der Waals surface area contributed by atoms with Crippen molar-refractivity contribution in [3.05, 3.63) is 22.6 Å². The van der Waals surface area contributed by atoms with E-state index in [1.807, 2.05) is 0 Å². The molecule has 0 spiro atoms. The Morgan fingerprint density at radius 3 is 2.70 bits per heavy atom. The third-order valence-electron chi connectivity index (χ3n) is 3.19. The lowest BCUT2D eigenvalue weighted by Crippen LogP contribution is -2.18. The van der Waals surface area contributed by atoms with Gasteiger partial charge in [0.25, 0.3) is 0 Å². The number of aryl methyl sites for hydroxylation is 1. The fourth-order valence-electron chi connectivity index (χ4n) is 2.24. The molecular formula is C13H14N2O5. The summed E-state index contributed by atoms with van der Waals surface area (Å²) in [6.07, 6.45) is 0.690. The Kier molecular flexibility index (Phi) is 3.09. The van der Waals surface area contributed by atoms with Crippen molar-refractivity contribution < 1.29 is 19.4 Å². The SMILES string of the molecule is O=C(O)CCn1c(=O)[nH]c2cc3c(cc21)OCCCO3. The van der Waals surface area contributed by atoms with Crippen molar-refractivity contribution in [3.63, 3.8) is 0 Å². The molecule has 1 aliphatic heterocycles. The highest BCUT2D eigenvalue weighted by atomic mass is 16.5. The van der Waals surface area contributed by atoms with Crippen LogP contribution in [0.3, 0.4) is 0 Å². The fraction of sp³-hybridized carbons (Fsp3) is 0.385.